The van der Waals surface area contributed by atoms with Crippen LogP contribution in [0.5, 0.6) is 0 Å². The first-order chi connectivity index (χ1) is 13.2. The smallest absolute Gasteiger partial charge is 0.270 e. The fourth-order valence-electron chi connectivity index (χ4n) is 2.94. The minimum absolute atomic E-state index is 0.0189. The van der Waals surface area contributed by atoms with Crippen LogP contribution < -0.4 is 4.90 Å². The summed E-state index contributed by atoms with van der Waals surface area (Å²) in [5.74, 6) is 0.0189. The van der Waals surface area contributed by atoms with Crippen molar-refractivity contribution in [3.63, 3.8) is 0 Å². The number of fused-ring (bicyclic) bond motifs is 1. The van der Waals surface area contributed by atoms with Crippen LogP contribution in [-0.4, -0.2) is 27.0 Å². The maximum Gasteiger partial charge on any atom is 0.270 e. The Morgan fingerprint density at radius 3 is 2.96 bits per heavy atom. The van der Waals surface area contributed by atoms with Gasteiger partial charge in [-0.3, -0.25) is 9.69 Å². The molecule has 4 aromatic rings. The number of benzene rings is 1. The van der Waals surface area contributed by atoms with Gasteiger partial charge in [-0.1, -0.05) is 30.4 Å². The summed E-state index contributed by atoms with van der Waals surface area (Å²) in [5, 5.41) is 2.70. The predicted octanol–water partition coefficient (Wildman–Crippen LogP) is 4.85. The minimum atomic E-state index is 0.0189. The van der Waals surface area contributed by atoms with Gasteiger partial charge in [-0.05, 0) is 42.0 Å². The molecule has 1 amide bonds. The molecule has 0 saturated heterocycles. The fraction of sp³-hybridized carbons (Fsp3) is 0.250. The van der Waals surface area contributed by atoms with Crippen molar-refractivity contribution in [2.24, 2.45) is 0 Å². The van der Waals surface area contributed by atoms with Crippen molar-refractivity contribution in [3.05, 3.63) is 64.9 Å². The molecule has 0 atom stereocenters. The van der Waals surface area contributed by atoms with Gasteiger partial charge in [-0.15, -0.1) is 11.3 Å². The Balaban J connectivity index is 1.61. The van der Waals surface area contributed by atoms with Crippen molar-refractivity contribution < 1.29 is 4.79 Å². The Hall–Kier alpha value is -2.51. The van der Waals surface area contributed by atoms with E-state index >= 15 is 0 Å². The summed E-state index contributed by atoms with van der Waals surface area (Å²) in [6.45, 7) is 3.58. The van der Waals surface area contributed by atoms with Crippen LogP contribution in [0.2, 0.25) is 0 Å². The van der Waals surface area contributed by atoms with Gasteiger partial charge in [0.2, 0.25) is 0 Å². The molecule has 7 heteroatoms. The average Bonchev–Trinajstić information content (AvgIpc) is 3.45. The van der Waals surface area contributed by atoms with E-state index in [-0.39, 0.29) is 5.91 Å². The van der Waals surface area contributed by atoms with Crippen LogP contribution in [0.15, 0.2) is 54.4 Å². The number of hydrogen-bond acceptors (Lipinski definition) is 5. The number of thiazole rings is 1. The third-order valence-corrected chi connectivity index (χ3v) is 6.31. The summed E-state index contributed by atoms with van der Waals surface area (Å²) >= 11 is 3.06. The Morgan fingerprint density at radius 2 is 2.22 bits per heavy atom. The van der Waals surface area contributed by atoms with E-state index < -0.39 is 0 Å². The molecule has 3 heterocycles. The Kier molecular flexibility index (Phi) is 5.31. The maximum atomic E-state index is 13.1. The summed E-state index contributed by atoms with van der Waals surface area (Å²) in [5.41, 5.74) is 2.24. The number of thiophene rings is 1. The van der Waals surface area contributed by atoms with Gasteiger partial charge in [0.05, 0.1) is 21.4 Å². The molecule has 27 heavy (non-hydrogen) atoms. The lowest BCUT2D eigenvalue weighted by atomic mass is 10.2. The predicted molar refractivity (Wildman–Crippen MR) is 112 cm³/mol. The number of rotatable bonds is 7. The highest BCUT2D eigenvalue weighted by Gasteiger charge is 2.21. The van der Waals surface area contributed by atoms with Crippen molar-refractivity contribution >= 4 is 43.9 Å². The second-order valence-corrected chi connectivity index (χ2v) is 8.20. The average molecular weight is 397 g/mol. The quantitative estimate of drug-likeness (QED) is 0.448. The van der Waals surface area contributed by atoms with E-state index in [1.165, 1.54) is 16.9 Å². The molecule has 0 saturated carbocycles. The van der Waals surface area contributed by atoms with E-state index in [1.807, 2.05) is 39.2 Å². The monoisotopic (exact) mass is 396 g/mol. The number of anilines is 1. The van der Waals surface area contributed by atoms with Crippen molar-refractivity contribution in [1.29, 1.82) is 0 Å². The molecule has 138 valence electrons. The number of carbonyl (C=O) groups is 1. The van der Waals surface area contributed by atoms with Crippen molar-refractivity contribution in [1.82, 2.24) is 14.5 Å². The number of amides is 1. The van der Waals surface area contributed by atoms with Crippen LogP contribution in [0.3, 0.4) is 0 Å². The van der Waals surface area contributed by atoms with Crippen molar-refractivity contribution in [2.45, 2.75) is 26.3 Å². The Morgan fingerprint density at radius 1 is 1.30 bits per heavy atom. The van der Waals surface area contributed by atoms with E-state index in [0.29, 0.717) is 6.54 Å². The lowest BCUT2D eigenvalue weighted by Crippen LogP contribution is -2.31. The number of aryl methyl sites for hydroxylation is 2. The molecule has 0 fully saturated rings. The summed E-state index contributed by atoms with van der Waals surface area (Å²) in [6, 6.07) is 10.1. The standard InChI is InChI=1S/C20H20N4OS2/c1-2-15-6-7-16-18(13-15)27-20(22-16)24(19(25)17-5-3-12-26-17)10-4-9-23-11-8-21-14-23/h3,5-8,11-14H,2,4,9-10H2,1H3. The van der Waals surface area contributed by atoms with Gasteiger partial charge in [0.25, 0.3) is 5.91 Å². The van der Waals surface area contributed by atoms with E-state index in [4.69, 9.17) is 4.98 Å². The molecule has 4 rings (SSSR count). The lowest BCUT2D eigenvalue weighted by Gasteiger charge is -2.19. The van der Waals surface area contributed by atoms with E-state index in [1.54, 1.807) is 23.9 Å². The SMILES string of the molecule is CCc1ccc2nc(N(CCCn3ccnc3)C(=O)c3cccs3)sc2c1. The molecule has 0 aliphatic heterocycles. The summed E-state index contributed by atoms with van der Waals surface area (Å²) in [7, 11) is 0. The second-order valence-electron chi connectivity index (χ2n) is 6.24. The molecule has 5 nitrogen and oxygen atoms in total. The van der Waals surface area contributed by atoms with E-state index in [9.17, 15) is 4.79 Å². The summed E-state index contributed by atoms with van der Waals surface area (Å²) in [6.07, 6.45) is 7.34. The number of imidazole rings is 1. The van der Waals surface area contributed by atoms with Gasteiger partial charge in [-0.25, -0.2) is 9.97 Å². The van der Waals surface area contributed by atoms with Gasteiger partial charge in [0.15, 0.2) is 5.13 Å². The van der Waals surface area contributed by atoms with Gasteiger partial charge in [0.1, 0.15) is 0 Å². The Labute approximate surface area is 165 Å². The summed E-state index contributed by atoms with van der Waals surface area (Å²) < 4.78 is 3.16. The number of nitrogens with zero attached hydrogens (tertiary/aromatic N) is 4. The third kappa shape index (κ3) is 3.94. The molecule has 0 N–H and O–H groups in total. The molecule has 0 radical (unpaired) electrons. The van der Waals surface area contributed by atoms with Gasteiger partial charge in [0, 0.05) is 25.5 Å². The van der Waals surface area contributed by atoms with Crippen LogP contribution in [0.4, 0.5) is 5.13 Å². The Bertz CT molecular complexity index is 1020. The first-order valence-electron chi connectivity index (χ1n) is 8.95. The minimum Gasteiger partial charge on any atom is -0.337 e. The first-order valence-corrected chi connectivity index (χ1v) is 10.6. The fourth-order valence-corrected chi connectivity index (χ4v) is 4.67. The summed E-state index contributed by atoms with van der Waals surface area (Å²) in [4.78, 5) is 24.5. The zero-order valence-corrected chi connectivity index (χ0v) is 16.7. The number of carbonyl (C=O) groups excluding carboxylic acids is 1. The molecule has 0 aliphatic rings. The molecule has 0 spiro atoms. The van der Waals surface area contributed by atoms with Crippen molar-refractivity contribution in [3.8, 4) is 0 Å². The van der Waals surface area contributed by atoms with Crippen LogP contribution in [0.25, 0.3) is 10.2 Å². The molecule has 0 bridgehead atoms. The van der Waals surface area contributed by atoms with E-state index in [0.717, 1.165) is 39.6 Å². The third-order valence-electron chi connectivity index (χ3n) is 4.42. The maximum absolute atomic E-state index is 13.1. The zero-order chi connectivity index (χ0) is 18.6. The van der Waals surface area contributed by atoms with Crippen LogP contribution >= 0.6 is 22.7 Å². The van der Waals surface area contributed by atoms with Gasteiger partial charge in [-0.2, -0.15) is 0 Å². The molecule has 1 aromatic carbocycles. The molecule has 3 aromatic heterocycles. The van der Waals surface area contributed by atoms with Crippen molar-refractivity contribution in [2.75, 3.05) is 11.4 Å². The largest absolute Gasteiger partial charge is 0.337 e. The number of hydrogen-bond donors (Lipinski definition) is 0. The van der Waals surface area contributed by atoms with Crippen LogP contribution in [-0.2, 0) is 13.0 Å². The molecular weight excluding hydrogens is 376 g/mol. The topological polar surface area (TPSA) is 51.0 Å². The molecule has 0 unspecified atom stereocenters. The highest BCUT2D eigenvalue weighted by molar-refractivity contribution is 7.22. The number of aromatic nitrogens is 3. The van der Waals surface area contributed by atoms with Gasteiger partial charge >= 0.3 is 0 Å². The van der Waals surface area contributed by atoms with E-state index in [2.05, 4.69) is 24.0 Å². The zero-order valence-electron chi connectivity index (χ0n) is 15.0. The van der Waals surface area contributed by atoms with Crippen LogP contribution in [0, 0.1) is 0 Å². The highest BCUT2D eigenvalue weighted by atomic mass is 32.1. The molecular formula is C20H20N4OS2. The first kappa shape index (κ1) is 17.9. The van der Waals surface area contributed by atoms with Crippen LogP contribution in [0.1, 0.15) is 28.6 Å². The van der Waals surface area contributed by atoms with Gasteiger partial charge < -0.3 is 4.57 Å². The lowest BCUT2D eigenvalue weighted by molar-refractivity contribution is 0.0990. The highest BCUT2D eigenvalue weighted by Crippen LogP contribution is 2.31. The normalized spacial score (nSPS) is 11.1. The molecule has 0 aliphatic carbocycles. The second kappa shape index (κ2) is 8.02.